The molecule has 0 spiro atoms. The van der Waals surface area contributed by atoms with Gasteiger partial charge >= 0.3 is 0 Å². The van der Waals surface area contributed by atoms with E-state index in [4.69, 9.17) is 11.6 Å². The van der Waals surface area contributed by atoms with Crippen LogP contribution in [-0.2, 0) is 6.42 Å². The largest absolute Gasteiger partial charge is 0.303 e. The van der Waals surface area contributed by atoms with Gasteiger partial charge in [-0.2, -0.15) is 0 Å². The molecule has 1 aliphatic rings. The number of likely N-dealkylation sites (tertiary alicyclic amines) is 1. The number of nitrogens with zero attached hydrogens (tertiary/aromatic N) is 1. The Balaban J connectivity index is 1.49. The van der Waals surface area contributed by atoms with Crippen LogP contribution in [0.1, 0.15) is 44.1 Å². The van der Waals surface area contributed by atoms with Crippen LogP contribution in [-0.4, -0.2) is 24.5 Å². The Kier molecular flexibility index (Phi) is 6.73. The third kappa shape index (κ3) is 5.97. The first-order chi connectivity index (χ1) is 9.34. The van der Waals surface area contributed by atoms with Crippen LogP contribution in [0.2, 0.25) is 5.02 Å². The minimum absolute atomic E-state index is 0.830. The molecule has 1 aromatic rings. The van der Waals surface area contributed by atoms with Crippen LogP contribution in [0.5, 0.6) is 0 Å². The van der Waals surface area contributed by atoms with Gasteiger partial charge < -0.3 is 4.90 Å². The van der Waals surface area contributed by atoms with Gasteiger partial charge in [0.1, 0.15) is 0 Å². The maximum absolute atomic E-state index is 5.88. The lowest BCUT2D eigenvalue weighted by Gasteiger charge is -2.26. The highest BCUT2D eigenvalue weighted by atomic mass is 35.5. The summed E-state index contributed by atoms with van der Waals surface area (Å²) in [6.07, 6.45) is 11.6. The van der Waals surface area contributed by atoms with Crippen LogP contribution in [0.4, 0.5) is 0 Å². The zero-order valence-corrected chi connectivity index (χ0v) is 12.5. The van der Waals surface area contributed by atoms with E-state index in [1.165, 1.54) is 63.7 Å². The van der Waals surface area contributed by atoms with Crippen molar-refractivity contribution in [3.8, 4) is 0 Å². The van der Waals surface area contributed by atoms with Gasteiger partial charge in [0.2, 0.25) is 0 Å². The zero-order chi connectivity index (χ0) is 13.3. The number of piperidine rings is 1. The normalized spacial score (nSPS) is 16.7. The van der Waals surface area contributed by atoms with Crippen molar-refractivity contribution in [2.45, 2.75) is 44.9 Å². The van der Waals surface area contributed by atoms with Gasteiger partial charge in [-0.1, -0.05) is 30.2 Å². The van der Waals surface area contributed by atoms with Crippen LogP contribution in [0.25, 0.3) is 0 Å². The van der Waals surface area contributed by atoms with E-state index in [-0.39, 0.29) is 0 Å². The molecule has 1 radical (unpaired) electrons. The number of unbranched alkanes of at least 4 members (excludes halogenated alkanes) is 3. The summed E-state index contributed by atoms with van der Waals surface area (Å²) in [7, 11) is 0. The van der Waals surface area contributed by atoms with Crippen LogP contribution < -0.4 is 0 Å². The summed E-state index contributed by atoms with van der Waals surface area (Å²) in [4.78, 5) is 2.61. The van der Waals surface area contributed by atoms with Crippen molar-refractivity contribution in [1.82, 2.24) is 4.90 Å². The molecule has 1 nitrogen and oxygen atoms in total. The van der Waals surface area contributed by atoms with Gasteiger partial charge in [-0.3, -0.25) is 0 Å². The fourth-order valence-electron chi connectivity index (χ4n) is 2.70. The van der Waals surface area contributed by atoms with E-state index in [9.17, 15) is 0 Å². The third-order valence-electron chi connectivity index (χ3n) is 3.89. The lowest BCUT2D eigenvalue weighted by atomic mass is 10.1. The Morgan fingerprint density at radius 1 is 1.00 bits per heavy atom. The van der Waals surface area contributed by atoms with E-state index in [1.807, 2.05) is 12.1 Å². The highest BCUT2D eigenvalue weighted by molar-refractivity contribution is 6.30. The average molecular weight is 279 g/mol. The summed E-state index contributed by atoms with van der Waals surface area (Å²) >= 11 is 5.88. The lowest BCUT2D eigenvalue weighted by molar-refractivity contribution is 0.230. The topological polar surface area (TPSA) is 3.24 Å². The molecule has 1 aromatic carbocycles. The highest BCUT2D eigenvalue weighted by Gasteiger charge is 2.08. The monoisotopic (exact) mass is 278 g/mol. The average Bonchev–Trinajstić information content (AvgIpc) is 2.46. The molecule has 1 saturated heterocycles. The Morgan fingerprint density at radius 2 is 1.74 bits per heavy atom. The highest BCUT2D eigenvalue weighted by Crippen LogP contribution is 2.13. The van der Waals surface area contributed by atoms with Crippen LogP contribution in [0, 0.1) is 6.42 Å². The van der Waals surface area contributed by atoms with Crippen molar-refractivity contribution >= 4 is 11.6 Å². The van der Waals surface area contributed by atoms with Crippen LogP contribution in [0.3, 0.4) is 0 Å². The smallest absolute Gasteiger partial charge is 0.0406 e. The maximum Gasteiger partial charge on any atom is 0.0406 e. The number of benzene rings is 1. The second-order valence-corrected chi connectivity index (χ2v) is 5.93. The first-order valence-corrected chi connectivity index (χ1v) is 8.01. The summed E-state index contributed by atoms with van der Waals surface area (Å²) in [5, 5.41) is 0.830. The molecule has 2 heteroatoms. The number of hydrogen-bond donors (Lipinski definition) is 0. The minimum atomic E-state index is 0.830. The first kappa shape index (κ1) is 14.9. The second kappa shape index (κ2) is 8.60. The van der Waals surface area contributed by atoms with Crippen molar-refractivity contribution < 1.29 is 0 Å². The molecule has 0 N–H and O–H groups in total. The molecule has 0 amide bonds. The standard InChI is InChI=1S/C17H25ClN/c18-17-11-9-16(10-12-17)8-4-1-2-5-13-19-14-6-3-7-15-19/h2,9-12H,1,3-8,13-15H2. The summed E-state index contributed by atoms with van der Waals surface area (Å²) in [6, 6.07) is 8.24. The van der Waals surface area contributed by atoms with E-state index in [2.05, 4.69) is 23.5 Å². The molecule has 0 bridgehead atoms. The quantitative estimate of drug-likeness (QED) is 0.651. The maximum atomic E-state index is 5.88. The number of hydrogen-bond acceptors (Lipinski definition) is 1. The predicted octanol–water partition coefficient (Wildman–Crippen LogP) is 4.74. The summed E-state index contributed by atoms with van der Waals surface area (Å²) in [5.74, 6) is 0. The molecule has 1 aliphatic heterocycles. The Hall–Kier alpha value is -0.530. The summed E-state index contributed by atoms with van der Waals surface area (Å²) < 4.78 is 0. The van der Waals surface area contributed by atoms with Gasteiger partial charge in [0.25, 0.3) is 0 Å². The van der Waals surface area contributed by atoms with Crippen molar-refractivity contribution in [3.63, 3.8) is 0 Å². The molecule has 0 aliphatic carbocycles. The van der Waals surface area contributed by atoms with E-state index >= 15 is 0 Å². The lowest BCUT2D eigenvalue weighted by Crippen LogP contribution is -2.30. The van der Waals surface area contributed by atoms with Crippen LogP contribution in [0.15, 0.2) is 24.3 Å². The Morgan fingerprint density at radius 3 is 2.47 bits per heavy atom. The number of aryl methyl sites for hydroxylation is 1. The molecule has 2 rings (SSSR count). The molecular weight excluding hydrogens is 254 g/mol. The third-order valence-corrected chi connectivity index (χ3v) is 4.14. The van der Waals surface area contributed by atoms with Crippen molar-refractivity contribution in [1.29, 1.82) is 0 Å². The van der Waals surface area contributed by atoms with Crippen molar-refractivity contribution in [3.05, 3.63) is 41.3 Å². The zero-order valence-electron chi connectivity index (χ0n) is 11.8. The van der Waals surface area contributed by atoms with E-state index in [0.717, 1.165) is 11.4 Å². The summed E-state index contributed by atoms with van der Waals surface area (Å²) in [5.41, 5.74) is 1.40. The molecule has 0 aromatic heterocycles. The molecular formula is C17H25ClN. The first-order valence-electron chi connectivity index (χ1n) is 7.63. The van der Waals surface area contributed by atoms with E-state index in [0.29, 0.717) is 0 Å². The molecule has 1 heterocycles. The Labute approximate surface area is 123 Å². The molecule has 0 atom stereocenters. The van der Waals surface area contributed by atoms with Gasteiger partial charge in [-0.25, -0.2) is 0 Å². The SMILES string of the molecule is Clc1ccc(CCC[CH]CCN2CCCCC2)cc1. The molecule has 0 unspecified atom stereocenters. The van der Waals surface area contributed by atoms with Gasteiger partial charge in [-0.15, -0.1) is 0 Å². The minimum Gasteiger partial charge on any atom is -0.303 e. The molecule has 1 fully saturated rings. The molecule has 105 valence electrons. The predicted molar refractivity (Wildman–Crippen MR) is 83.6 cm³/mol. The fourth-order valence-corrected chi connectivity index (χ4v) is 2.83. The van der Waals surface area contributed by atoms with Crippen molar-refractivity contribution in [2.24, 2.45) is 0 Å². The van der Waals surface area contributed by atoms with Gasteiger partial charge in [0.15, 0.2) is 0 Å². The van der Waals surface area contributed by atoms with E-state index < -0.39 is 0 Å². The Bertz CT molecular complexity index is 341. The fraction of sp³-hybridized carbons (Fsp3) is 0.588. The molecule has 0 saturated carbocycles. The van der Waals surface area contributed by atoms with Crippen molar-refractivity contribution in [2.75, 3.05) is 19.6 Å². The van der Waals surface area contributed by atoms with Gasteiger partial charge in [-0.05, 0) is 82.3 Å². The van der Waals surface area contributed by atoms with E-state index in [1.54, 1.807) is 0 Å². The number of rotatable bonds is 7. The van der Waals surface area contributed by atoms with Gasteiger partial charge in [0, 0.05) is 5.02 Å². The van der Waals surface area contributed by atoms with Gasteiger partial charge in [0.05, 0.1) is 0 Å². The van der Waals surface area contributed by atoms with Crippen LogP contribution >= 0.6 is 11.6 Å². The number of halogens is 1. The molecule has 19 heavy (non-hydrogen) atoms. The second-order valence-electron chi connectivity index (χ2n) is 5.50. The summed E-state index contributed by atoms with van der Waals surface area (Å²) in [6.45, 7) is 3.90.